The summed E-state index contributed by atoms with van der Waals surface area (Å²) >= 11 is 0. The number of halogens is 1. The lowest BCUT2D eigenvalue weighted by atomic mass is 10.2. The van der Waals surface area contributed by atoms with Crippen molar-refractivity contribution in [3.05, 3.63) is 54.1 Å². The highest BCUT2D eigenvalue weighted by molar-refractivity contribution is 7.90. The first-order chi connectivity index (χ1) is 12.9. The van der Waals surface area contributed by atoms with Gasteiger partial charge in [-0.2, -0.15) is 27.4 Å². The molecule has 10 heteroatoms. The van der Waals surface area contributed by atoms with Gasteiger partial charge in [0, 0.05) is 0 Å². The Bertz CT molecular complexity index is 1070. The molecular formula is C17H17FN4O4S. The van der Waals surface area contributed by atoms with E-state index in [9.17, 15) is 17.6 Å². The number of ether oxygens (including phenoxy) is 1. The zero-order chi connectivity index (χ0) is 19.4. The number of carbonyl (C=O) groups excluding carboxylic acids is 1. The van der Waals surface area contributed by atoms with Crippen molar-refractivity contribution < 1.29 is 22.3 Å². The highest BCUT2D eigenvalue weighted by Crippen LogP contribution is 2.17. The lowest BCUT2D eigenvalue weighted by molar-refractivity contribution is 0.206. The molecule has 0 spiro atoms. The highest BCUT2D eigenvalue weighted by atomic mass is 32.2. The van der Waals surface area contributed by atoms with E-state index in [2.05, 4.69) is 10.1 Å². The first-order valence-corrected chi connectivity index (χ1v) is 9.73. The molecule has 142 valence electrons. The van der Waals surface area contributed by atoms with Gasteiger partial charge in [-0.1, -0.05) is 31.5 Å². The fraction of sp³-hybridized carbons (Fsp3) is 0.235. The zero-order valence-electron chi connectivity index (χ0n) is 14.4. The van der Waals surface area contributed by atoms with Crippen LogP contribution in [0.5, 0.6) is 5.75 Å². The van der Waals surface area contributed by atoms with Crippen LogP contribution in [0.2, 0.25) is 0 Å². The Kier molecular flexibility index (Phi) is 5.36. The summed E-state index contributed by atoms with van der Waals surface area (Å²) in [7, 11) is -4.59. The van der Waals surface area contributed by atoms with Crippen LogP contribution >= 0.6 is 0 Å². The largest absolute Gasteiger partial charge is 0.426 e. The number of benzene rings is 1. The van der Waals surface area contributed by atoms with Gasteiger partial charge in [0.2, 0.25) is 5.03 Å². The van der Waals surface area contributed by atoms with E-state index in [1.165, 1.54) is 18.2 Å². The predicted molar refractivity (Wildman–Crippen MR) is 94.3 cm³/mol. The Hall–Kier alpha value is -3.01. The third-order valence-corrected chi connectivity index (χ3v) is 4.95. The van der Waals surface area contributed by atoms with Crippen LogP contribution in [0.1, 0.15) is 25.5 Å². The van der Waals surface area contributed by atoms with Crippen molar-refractivity contribution in [3.63, 3.8) is 0 Å². The summed E-state index contributed by atoms with van der Waals surface area (Å²) in [5.41, 5.74) is 0.606. The predicted octanol–water partition coefficient (Wildman–Crippen LogP) is 2.69. The van der Waals surface area contributed by atoms with Gasteiger partial charge < -0.3 is 4.74 Å². The van der Waals surface area contributed by atoms with Crippen molar-refractivity contribution in [2.24, 2.45) is 0 Å². The van der Waals surface area contributed by atoms with Gasteiger partial charge in [-0.05, 0) is 37.1 Å². The maximum Gasteiger partial charge on any atom is 0.426 e. The van der Waals surface area contributed by atoms with Crippen molar-refractivity contribution in [3.8, 4) is 5.75 Å². The summed E-state index contributed by atoms with van der Waals surface area (Å²) in [6.07, 6.45) is 1.11. The first kappa shape index (κ1) is 18.8. The molecule has 1 N–H and O–H groups in total. The van der Waals surface area contributed by atoms with Crippen LogP contribution in [-0.2, 0) is 16.4 Å². The fourth-order valence-electron chi connectivity index (χ4n) is 2.41. The molecule has 0 aliphatic rings. The number of rotatable bonds is 6. The van der Waals surface area contributed by atoms with Crippen LogP contribution in [0.4, 0.5) is 9.18 Å². The average molecular weight is 392 g/mol. The molecule has 8 nitrogen and oxygen atoms in total. The molecular weight excluding hydrogens is 375 g/mol. The molecule has 0 aliphatic heterocycles. The molecule has 0 aliphatic carbocycles. The van der Waals surface area contributed by atoms with Gasteiger partial charge >= 0.3 is 6.09 Å². The van der Waals surface area contributed by atoms with E-state index < -0.39 is 27.1 Å². The monoisotopic (exact) mass is 392 g/mol. The summed E-state index contributed by atoms with van der Waals surface area (Å²) in [5, 5.41) is 3.29. The van der Waals surface area contributed by atoms with E-state index in [-0.39, 0.29) is 11.4 Å². The van der Waals surface area contributed by atoms with Gasteiger partial charge in [-0.25, -0.2) is 9.52 Å². The van der Waals surface area contributed by atoms with Gasteiger partial charge in [0.1, 0.15) is 5.75 Å². The lowest BCUT2D eigenvalue weighted by Crippen LogP contribution is -2.34. The number of carbonyl (C=O) groups is 1. The number of hydrogen-bond acceptors (Lipinski definition) is 6. The second-order valence-electron chi connectivity index (χ2n) is 5.71. The van der Waals surface area contributed by atoms with Crippen LogP contribution in [-0.4, -0.2) is 29.1 Å². The lowest BCUT2D eigenvalue weighted by Gasteiger charge is -2.08. The summed E-state index contributed by atoms with van der Waals surface area (Å²) in [5.74, 6) is -1.11. The van der Waals surface area contributed by atoms with E-state index in [0.717, 1.165) is 17.4 Å². The maximum absolute atomic E-state index is 14.2. The quantitative estimate of drug-likeness (QED) is 0.692. The molecule has 0 unspecified atom stereocenters. The van der Waals surface area contributed by atoms with E-state index >= 15 is 0 Å². The second-order valence-corrected chi connectivity index (χ2v) is 7.31. The van der Waals surface area contributed by atoms with Gasteiger partial charge in [0.25, 0.3) is 16.0 Å². The van der Waals surface area contributed by atoms with Crippen molar-refractivity contribution in [2.45, 2.75) is 31.2 Å². The maximum atomic E-state index is 14.2. The van der Waals surface area contributed by atoms with Crippen LogP contribution in [0.15, 0.2) is 47.5 Å². The summed E-state index contributed by atoms with van der Waals surface area (Å²) in [6, 6.07) is 11.0. The minimum absolute atomic E-state index is 0.0181. The van der Waals surface area contributed by atoms with Crippen molar-refractivity contribution in [1.29, 1.82) is 0 Å². The van der Waals surface area contributed by atoms with E-state index in [4.69, 9.17) is 4.74 Å². The molecule has 2 aromatic heterocycles. The normalized spacial score (nSPS) is 11.5. The zero-order valence-corrected chi connectivity index (χ0v) is 15.2. The van der Waals surface area contributed by atoms with Crippen molar-refractivity contribution >= 4 is 21.8 Å². The molecule has 27 heavy (non-hydrogen) atoms. The Morgan fingerprint density at radius 3 is 2.67 bits per heavy atom. The van der Waals surface area contributed by atoms with Gasteiger partial charge in [-0.15, -0.1) is 0 Å². The average Bonchev–Trinajstić information content (AvgIpc) is 2.96. The van der Waals surface area contributed by atoms with Gasteiger partial charge in [0.05, 0.1) is 5.69 Å². The number of imidazole rings is 1. The molecule has 1 aromatic carbocycles. The van der Waals surface area contributed by atoms with Crippen LogP contribution in [0.25, 0.3) is 5.65 Å². The van der Waals surface area contributed by atoms with Gasteiger partial charge in [-0.3, -0.25) is 0 Å². The summed E-state index contributed by atoms with van der Waals surface area (Å²) < 4.78 is 46.6. The number of amides is 1. The van der Waals surface area contributed by atoms with Gasteiger partial charge in [0.15, 0.2) is 5.65 Å². The Morgan fingerprint density at radius 2 is 1.96 bits per heavy atom. The highest BCUT2D eigenvalue weighted by Gasteiger charge is 2.29. The molecule has 0 bridgehead atoms. The number of para-hydroxylation sites is 1. The molecule has 0 saturated heterocycles. The number of hydrogen-bond donors (Lipinski definition) is 1. The van der Waals surface area contributed by atoms with Crippen LogP contribution in [0, 0.1) is 5.95 Å². The Labute approximate surface area is 155 Å². The number of fused-ring (bicyclic) bond motifs is 1. The number of aryl methyl sites for hydroxylation is 1. The number of aromatic nitrogens is 3. The summed E-state index contributed by atoms with van der Waals surface area (Å²) in [6.45, 7) is 2.01. The molecule has 0 fully saturated rings. The summed E-state index contributed by atoms with van der Waals surface area (Å²) in [4.78, 5) is 15.4. The fourth-order valence-corrected chi connectivity index (χ4v) is 3.40. The van der Waals surface area contributed by atoms with E-state index in [0.29, 0.717) is 12.1 Å². The van der Waals surface area contributed by atoms with Crippen LogP contribution in [0.3, 0.4) is 0 Å². The third kappa shape index (κ3) is 4.22. The number of nitrogens with zero attached hydrogens (tertiary/aromatic N) is 3. The molecule has 0 atom stereocenters. The molecule has 3 aromatic rings. The standard InChI is InChI=1S/C17H17FN4O4S/c1-2-3-7-12-10-11-14-19-15(18)16(22(14)20-12)27(24,25)21-17(23)26-13-8-5-4-6-9-13/h4-6,8-11H,2-3,7H2,1H3,(H,21,23). The minimum Gasteiger partial charge on any atom is -0.410 e. The van der Waals surface area contributed by atoms with Crippen molar-refractivity contribution in [2.75, 3.05) is 0 Å². The number of nitrogens with one attached hydrogen (secondary N) is 1. The van der Waals surface area contributed by atoms with E-state index in [1.807, 2.05) is 6.92 Å². The Balaban J connectivity index is 1.89. The second kappa shape index (κ2) is 7.70. The topological polar surface area (TPSA) is 103 Å². The molecule has 0 radical (unpaired) electrons. The van der Waals surface area contributed by atoms with Crippen LogP contribution < -0.4 is 9.46 Å². The first-order valence-electron chi connectivity index (χ1n) is 8.24. The number of unbranched alkanes of at least 4 members (excludes halogenated alkanes) is 1. The molecule has 3 rings (SSSR count). The number of sulfonamides is 1. The molecule has 2 heterocycles. The SMILES string of the molecule is CCCCc1ccc2nc(F)c(S(=O)(=O)NC(=O)Oc3ccccc3)n2n1. The molecule has 1 amide bonds. The Morgan fingerprint density at radius 1 is 1.22 bits per heavy atom. The minimum atomic E-state index is -4.59. The van der Waals surface area contributed by atoms with E-state index in [1.54, 1.807) is 29.0 Å². The third-order valence-electron chi connectivity index (χ3n) is 3.66. The molecule has 0 saturated carbocycles. The smallest absolute Gasteiger partial charge is 0.410 e. The van der Waals surface area contributed by atoms with Crippen molar-refractivity contribution in [1.82, 2.24) is 19.3 Å².